The van der Waals surface area contributed by atoms with Crippen LogP contribution >= 0.6 is 0 Å². The van der Waals surface area contributed by atoms with Crippen LogP contribution in [0, 0.1) is 5.41 Å². The molecule has 0 unspecified atom stereocenters. The minimum atomic E-state index is -1.26. The summed E-state index contributed by atoms with van der Waals surface area (Å²) in [6.07, 6.45) is 4.09. The van der Waals surface area contributed by atoms with E-state index in [-0.39, 0.29) is 5.41 Å². The third-order valence-electron chi connectivity index (χ3n) is 2.75. The molecule has 21 heavy (non-hydrogen) atoms. The van der Waals surface area contributed by atoms with E-state index in [1.807, 2.05) is 20.8 Å². The second kappa shape index (κ2) is 8.36. The Morgan fingerprint density at radius 1 is 1.14 bits per heavy atom. The molecule has 1 aliphatic rings. The first kappa shape index (κ1) is 19.1. The molecule has 6 nitrogen and oxygen atoms in total. The standard InChI is InChI=1S/C11H19NO.C4H4O4/c1-11(2,3)10(13)9-5-7-12(4)8-6-9;5-3(6)1-2-4(7)8/h5H,6-8H2,1-4H3;1-2H,(H,5,6)(H,7,8)/b;2-1-. The van der Waals surface area contributed by atoms with Crippen LogP contribution < -0.4 is 0 Å². The van der Waals surface area contributed by atoms with Crippen molar-refractivity contribution in [3.05, 3.63) is 23.8 Å². The van der Waals surface area contributed by atoms with Crippen molar-refractivity contribution in [2.75, 3.05) is 20.1 Å². The largest absolute Gasteiger partial charge is 0.478 e. The topological polar surface area (TPSA) is 94.9 Å². The van der Waals surface area contributed by atoms with E-state index in [0.29, 0.717) is 17.9 Å². The number of hydrogen-bond acceptors (Lipinski definition) is 4. The van der Waals surface area contributed by atoms with E-state index in [4.69, 9.17) is 10.2 Å². The highest BCUT2D eigenvalue weighted by Gasteiger charge is 2.25. The predicted octanol–water partition coefficient (Wildman–Crippen LogP) is 1.58. The van der Waals surface area contributed by atoms with Crippen LogP contribution in [0.15, 0.2) is 23.8 Å². The number of rotatable bonds is 3. The number of carboxylic acids is 2. The molecule has 0 saturated heterocycles. The molecule has 6 heteroatoms. The summed E-state index contributed by atoms with van der Waals surface area (Å²) < 4.78 is 0. The molecule has 2 N–H and O–H groups in total. The van der Waals surface area contributed by atoms with Gasteiger partial charge in [-0.2, -0.15) is 0 Å². The second-order valence-electron chi connectivity index (χ2n) is 5.83. The lowest BCUT2D eigenvalue weighted by Crippen LogP contribution is -2.30. The van der Waals surface area contributed by atoms with Crippen molar-refractivity contribution in [2.45, 2.75) is 27.2 Å². The number of ketones is 1. The molecule has 0 aliphatic carbocycles. The summed E-state index contributed by atoms with van der Waals surface area (Å²) in [5, 5.41) is 15.6. The number of carbonyl (C=O) groups is 3. The van der Waals surface area contributed by atoms with Gasteiger partial charge in [-0.1, -0.05) is 26.8 Å². The van der Waals surface area contributed by atoms with E-state index in [1.54, 1.807) is 0 Å². The van der Waals surface area contributed by atoms with Gasteiger partial charge < -0.3 is 15.1 Å². The maximum atomic E-state index is 11.8. The van der Waals surface area contributed by atoms with E-state index in [0.717, 1.165) is 25.1 Å². The lowest BCUT2D eigenvalue weighted by atomic mass is 9.84. The molecular weight excluding hydrogens is 274 g/mol. The first-order valence-electron chi connectivity index (χ1n) is 6.60. The summed E-state index contributed by atoms with van der Waals surface area (Å²) in [4.78, 5) is 33.2. The fraction of sp³-hybridized carbons (Fsp3) is 0.533. The first-order chi connectivity index (χ1) is 9.54. The highest BCUT2D eigenvalue weighted by atomic mass is 16.4. The third kappa shape index (κ3) is 8.75. The van der Waals surface area contributed by atoms with Crippen molar-refractivity contribution >= 4 is 17.7 Å². The average Bonchev–Trinajstić information content (AvgIpc) is 2.36. The van der Waals surface area contributed by atoms with Crippen molar-refractivity contribution in [2.24, 2.45) is 5.41 Å². The summed E-state index contributed by atoms with van der Waals surface area (Å²) in [6.45, 7) is 7.86. The van der Waals surface area contributed by atoms with Crippen LogP contribution in [0.1, 0.15) is 27.2 Å². The molecule has 0 radical (unpaired) electrons. The molecule has 1 rings (SSSR count). The molecule has 0 bridgehead atoms. The number of nitrogens with zero attached hydrogens (tertiary/aromatic N) is 1. The van der Waals surface area contributed by atoms with Gasteiger partial charge in [0.1, 0.15) is 0 Å². The monoisotopic (exact) mass is 297 g/mol. The quantitative estimate of drug-likeness (QED) is 0.768. The van der Waals surface area contributed by atoms with Crippen molar-refractivity contribution in [3.63, 3.8) is 0 Å². The number of hydrogen-bond donors (Lipinski definition) is 2. The highest BCUT2D eigenvalue weighted by molar-refractivity contribution is 5.99. The molecule has 0 saturated carbocycles. The molecule has 118 valence electrons. The molecule has 0 aromatic heterocycles. The lowest BCUT2D eigenvalue weighted by Gasteiger charge is -2.25. The van der Waals surface area contributed by atoms with Crippen molar-refractivity contribution < 1.29 is 24.6 Å². The van der Waals surface area contributed by atoms with Crippen molar-refractivity contribution in [1.29, 1.82) is 0 Å². The van der Waals surface area contributed by atoms with E-state index in [2.05, 4.69) is 18.0 Å². The van der Waals surface area contributed by atoms with E-state index < -0.39 is 11.9 Å². The van der Waals surface area contributed by atoms with E-state index in [1.165, 1.54) is 0 Å². The summed E-state index contributed by atoms with van der Waals surface area (Å²) in [5.74, 6) is -2.21. The Kier molecular flexibility index (Phi) is 7.59. The van der Waals surface area contributed by atoms with Crippen LogP contribution in [0.2, 0.25) is 0 Å². The summed E-state index contributed by atoms with van der Waals surface area (Å²) in [6, 6.07) is 0. The van der Waals surface area contributed by atoms with Crippen LogP contribution in [-0.4, -0.2) is 53.0 Å². The van der Waals surface area contributed by atoms with E-state index in [9.17, 15) is 14.4 Å². The van der Waals surface area contributed by atoms with Gasteiger partial charge in [-0.15, -0.1) is 0 Å². The Morgan fingerprint density at radius 3 is 1.90 bits per heavy atom. The molecule has 0 aromatic rings. The maximum absolute atomic E-state index is 11.8. The fourth-order valence-electron chi connectivity index (χ4n) is 1.60. The Bertz CT molecular complexity index is 441. The van der Waals surface area contributed by atoms with Crippen molar-refractivity contribution in [3.8, 4) is 0 Å². The number of Topliss-reactive ketones (excluding diaryl/α,β-unsaturated/α-hetero) is 1. The zero-order chi connectivity index (χ0) is 16.6. The number of carbonyl (C=O) groups excluding carboxylic acids is 1. The highest BCUT2D eigenvalue weighted by Crippen LogP contribution is 2.23. The molecule has 1 aliphatic heterocycles. The van der Waals surface area contributed by atoms with Gasteiger partial charge in [-0.05, 0) is 19.0 Å². The molecule has 0 atom stereocenters. The van der Waals surface area contributed by atoms with Crippen LogP contribution in [0.5, 0.6) is 0 Å². The van der Waals surface area contributed by atoms with Gasteiger partial charge in [0.25, 0.3) is 0 Å². The van der Waals surface area contributed by atoms with E-state index >= 15 is 0 Å². The number of aliphatic carboxylic acids is 2. The zero-order valence-corrected chi connectivity index (χ0v) is 12.9. The average molecular weight is 297 g/mol. The number of likely N-dealkylation sites (N-methyl/N-ethyl adjacent to an activating group) is 1. The smallest absolute Gasteiger partial charge is 0.328 e. The zero-order valence-electron chi connectivity index (χ0n) is 12.9. The Hall–Kier alpha value is -1.95. The Labute approximate surface area is 124 Å². The minimum absolute atomic E-state index is 0.220. The molecule has 0 fully saturated rings. The summed E-state index contributed by atoms with van der Waals surface area (Å²) >= 11 is 0. The first-order valence-corrected chi connectivity index (χ1v) is 6.60. The fourth-order valence-corrected chi connectivity index (χ4v) is 1.60. The number of carboxylic acid groups (broad SMARTS) is 2. The van der Waals surface area contributed by atoms with Crippen LogP contribution in [0.4, 0.5) is 0 Å². The normalized spacial score (nSPS) is 15.9. The van der Waals surface area contributed by atoms with Gasteiger partial charge in [-0.3, -0.25) is 4.79 Å². The SMILES string of the molecule is CN1CC=C(C(=O)C(C)(C)C)CC1.O=C(O)/C=C\C(=O)O. The van der Waals surface area contributed by atoms with Gasteiger partial charge in [0, 0.05) is 30.7 Å². The molecular formula is C15H23NO5. The summed E-state index contributed by atoms with van der Waals surface area (Å²) in [7, 11) is 2.08. The molecule has 0 amide bonds. The molecule has 1 heterocycles. The molecule has 0 aromatic carbocycles. The van der Waals surface area contributed by atoms with Gasteiger partial charge in [0.05, 0.1) is 0 Å². The summed E-state index contributed by atoms with van der Waals surface area (Å²) in [5.41, 5.74) is 0.799. The van der Waals surface area contributed by atoms with Crippen LogP contribution in [0.25, 0.3) is 0 Å². The maximum Gasteiger partial charge on any atom is 0.328 e. The van der Waals surface area contributed by atoms with Crippen LogP contribution in [-0.2, 0) is 14.4 Å². The molecule has 0 spiro atoms. The van der Waals surface area contributed by atoms with Crippen molar-refractivity contribution in [1.82, 2.24) is 4.90 Å². The Morgan fingerprint density at radius 2 is 1.62 bits per heavy atom. The lowest BCUT2D eigenvalue weighted by molar-refractivity contribution is -0.134. The third-order valence-corrected chi connectivity index (χ3v) is 2.75. The van der Waals surface area contributed by atoms with Crippen LogP contribution in [0.3, 0.4) is 0 Å². The van der Waals surface area contributed by atoms with Gasteiger partial charge in [0.15, 0.2) is 5.78 Å². The second-order valence-corrected chi connectivity index (χ2v) is 5.83. The van der Waals surface area contributed by atoms with Gasteiger partial charge in [0.2, 0.25) is 0 Å². The predicted molar refractivity (Wildman–Crippen MR) is 79.1 cm³/mol. The van der Waals surface area contributed by atoms with Gasteiger partial charge >= 0.3 is 11.9 Å². The minimum Gasteiger partial charge on any atom is -0.478 e. The van der Waals surface area contributed by atoms with Gasteiger partial charge in [-0.25, -0.2) is 9.59 Å². The Balaban J connectivity index is 0.000000433.